The van der Waals surface area contributed by atoms with Gasteiger partial charge < -0.3 is 4.98 Å². The predicted octanol–water partition coefficient (Wildman–Crippen LogP) is 2.87. The van der Waals surface area contributed by atoms with Crippen molar-refractivity contribution in [3.63, 3.8) is 0 Å². The van der Waals surface area contributed by atoms with Crippen molar-refractivity contribution in [3.05, 3.63) is 40.7 Å². The molecule has 0 bridgehead atoms. The lowest BCUT2D eigenvalue weighted by molar-refractivity contribution is 1.23. The van der Waals surface area contributed by atoms with E-state index in [2.05, 4.69) is 42.9 Å². The smallest absolute Gasteiger partial charge is 0.138 e. The SMILES string of the molecule is Cc1cc(C)c(-c2ncc(C#N)[nH]2)c(C)c1. The van der Waals surface area contributed by atoms with Crippen LogP contribution in [-0.4, -0.2) is 9.97 Å². The quantitative estimate of drug-likeness (QED) is 0.788. The summed E-state index contributed by atoms with van der Waals surface area (Å²) >= 11 is 0. The number of benzene rings is 1. The van der Waals surface area contributed by atoms with Crippen LogP contribution in [0.15, 0.2) is 18.3 Å². The molecular weight excluding hydrogens is 198 g/mol. The molecule has 2 rings (SSSR count). The van der Waals surface area contributed by atoms with Crippen LogP contribution in [0.25, 0.3) is 11.4 Å². The Bertz CT molecular complexity index is 550. The fourth-order valence-corrected chi connectivity index (χ4v) is 2.06. The fourth-order valence-electron chi connectivity index (χ4n) is 2.06. The maximum absolute atomic E-state index is 8.76. The average molecular weight is 211 g/mol. The maximum Gasteiger partial charge on any atom is 0.138 e. The lowest BCUT2D eigenvalue weighted by Gasteiger charge is -2.08. The average Bonchev–Trinajstić information content (AvgIpc) is 2.64. The third kappa shape index (κ3) is 1.70. The molecule has 0 aliphatic rings. The number of H-pyrrole nitrogens is 1. The van der Waals surface area contributed by atoms with Gasteiger partial charge in [-0.1, -0.05) is 17.7 Å². The van der Waals surface area contributed by atoms with Crippen LogP contribution in [0.2, 0.25) is 0 Å². The van der Waals surface area contributed by atoms with Crippen LogP contribution in [0.5, 0.6) is 0 Å². The van der Waals surface area contributed by atoms with Gasteiger partial charge in [-0.15, -0.1) is 0 Å². The Kier molecular flexibility index (Phi) is 2.49. The summed E-state index contributed by atoms with van der Waals surface area (Å²) in [7, 11) is 0. The summed E-state index contributed by atoms with van der Waals surface area (Å²) in [5.74, 6) is 0.770. The maximum atomic E-state index is 8.76. The van der Waals surface area contributed by atoms with Crippen LogP contribution >= 0.6 is 0 Å². The lowest BCUT2D eigenvalue weighted by Crippen LogP contribution is -1.91. The molecule has 80 valence electrons. The molecule has 0 spiro atoms. The van der Waals surface area contributed by atoms with E-state index in [4.69, 9.17) is 5.26 Å². The van der Waals surface area contributed by atoms with Gasteiger partial charge in [-0.2, -0.15) is 5.26 Å². The standard InChI is InChI=1S/C13H13N3/c1-8-4-9(2)12(10(3)5-8)13-15-7-11(6-14)16-13/h4-5,7H,1-3H3,(H,15,16). The summed E-state index contributed by atoms with van der Waals surface area (Å²) in [4.78, 5) is 7.24. The van der Waals surface area contributed by atoms with Gasteiger partial charge in [0.1, 0.15) is 17.6 Å². The highest BCUT2D eigenvalue weighted by atomic mass is 14.9. The predicted molar refractivity (Wildman–Crippen MR) is 62.9 cm³/mol. The van der Waals surface area contributed by atoms with Crippen molar-refractivity contribution in [1.29, 1.82) is 5.26 Å². The Morgan fingerprint density at radius 1 is 1.19 bits per heavy atom. The van der Waals surface area contributed by atoms with E-state index in [9.17, 15) is 0 Å². The van der Waals surface area contributed by atoms with Gasteiger partial charge in [0.2, 0.25) is 0 Å². The van der Waals surface area contributed by atoms with Crippen LogP contribution in [-0.2, 0) is 0 Å². The molecule has 1 aromatic heterocycles. The third-order valence-electron chi connectivity index (χ3n) is 2.61. The van der Waals surface area contributed by atoms with Gasteiger partial charge >= 0.3 is 0 Å². The van der Waals surface area contributed by atoms with E-state index < -0.39 is 0 Å². The fraction of sp³-hybridized carbons (Fsp3) is 0.231. The zero-order chi connectivity index (χ0) is 11.7. The lowest BCUT2D eigenvalue weighted by atomic mass is 9.99. The Labute approximate surface area is 94.8 Å². The summed E-state index contributed by atoms with van der Waals surface area (Å²) in [6.07, 6.45) is 1.56. The topological polar surface area (TPSA) is 52.5 Å². The van der Waals surface area contributed by atoms with Gasteiger partial charge in [0.15, 0.2) is 0 Å². The second kappa shape index (κ2) is 3.82. The summed E-state index contributed by atoms with van der Waals surface area (Å²) in [5, 5.41) is 8.76. The van der Waals surface area contributed by atoms with Crippen LogP contribution in [0, 0.1) is 32.1 Å². The highest BCUT2D eigenvalue weighted by Crippen LogP contribution is 2.25. The van der Waals surface area contributed by atoms with E-state index in [1.807, 2.05) is 6.07 Å². The van der Waals surface area contributed by atoms with Gasteiger partial charge in [-0.25, -0.2) is 4.98 Å². The highest BCUT2D eigenvalue weighted by molar-refractivity contribution is 5.65. The number of rotatable bonds is 1. The number of nitriles is 1. The second-order valence-electron chi connectivity index (χ2n) is 4.03. The molecule has 1 N–H and O–H groups in total. The largest absolute Gasteiger partial charge is 0.330 e. The van der Waals surface area contributed by atoms with Crippen molar-refractivity contribution in [2.24, 2.45) is 0 Å². The van der Waals surface area contributed by atoms with Crippen molar-refractivity contribution < 1.29 is 0 Å². The van der Waals surface area contributed by atoms with Crippen molar-refractivity contribution in [3.8, 4) is 17.5 Å². The molecule has 0 amide bonds. The van der Waals surface area contributed by atoms with E-state index in [1.165, 1.54) is 16.7 Å². The number of hydrogen-bond donors (Lipinski definition) is 1. The molecule has 16 heavy (non-hydrogen) atoms. The minimum absolute atomic E-state index is 0.495. The minimum atomic E-state index is 0.495. The monoisotopic (exact) mass is 211 g/mol. The van der Waals surface area contributed by atoms with Crippen molar-refractivity contribution in [2.75, 3.05) is 0 Å². The summed E-state index contributed by atoms with van der Waals surface area (Å²) < 4.78 is 0. The first-order chi connectivity index (χ1) is 7.61. The first-order valence-corrected chi connectivity index (χ1v) is 5.15. The molecule has 0 radical (unpaired) electrons. The number of imidazole rings is 1. The Balaban J connectivity index is 2.60. The van der Waals surface area contributed by atoms with Crippen molar-refractivity contribution in [1.82, 2.24) is 9.97 Å². The second-order valence-corrected chi connectivity index (χ2v) is 4.03. The molecule has 3 nitrogen and oxygen atoms in total. The van der Waals surface area contributed by atoms with E-state index in [1.54, 1.807) is 6.20 Å². The number of aromatic nitrogens is 2. The molecule has 0 saturated heterocycles. The van der Waals surface area contributed by atoms with E-state index >= 15 is 0 Å². The molecule has 0 atom stereocenters. The van der Waals surface area contributed by atoms with Crippen LogP contribution in [0.4, 0.5) is 0 Å². The zero-order valence-electron chi connectivity index (χ0n) is 9.63. The number of aromatic amines is 1. The zero-order valence-corrected chi connectivity index (χ0v) is 9.63. The van der Waals surface area contributed by atoms with E-state index in [0.717, 1.165) is 11.4 Å². The highest BCUT2D eigenvalue weighted by Gasteiger charge is 2.09. The molecule has 1 heterocycles. The molecule has 0 unspecified atom stereocenters. The van der Waals surface area contributed by atoms with Crippen molar-refractivity contribution in [2.45, 2.75) is 20.8 Å². The number of hydrogen-bond acceptors (Lipinski definition) is 2. The molecule has 0 aliphatic carbocycles. The Hall–Kier alpha value is -2.08. The normalized spacial score (nSPS) is 10.1. The van der Waals surface area contributed by atoms with Crippen molar-refractivity contribution >= 4 is 0 Å². The van der Waals surface area contributed by atoms with Gasteiger partial charge in [0.05, 0.1) is 6.20 Å². The molecule has 2 aromatic rings. The van der Waals surface area contributed by atoms with Gasteiger partial charge in [0.25, 0.3) is 0 Å². The molecule has 0 fully saturated rings. The molecule has 0 saturated carbocycles. The minimum Gasteiger partial charge on any atom is -0.330 e. The third-order valence-corrected chi connectivity index (χ3v) is 2.61. The van der Waals surface area contributed by atoms with E-state index in [0.29, 0.717) is 5.69 Å². The summed E-state index contributed by atoms with van der Waals surface area (Å²) in [5.41, 5.74) is 5.18. The summed E-state index contributed by atoms with van der Waals surface area (Å²) in [6, 6.07) is 6.29. The molecule has 3 heteroatoms. The number of nitrogens with one attached hydrogen (secondary N) is 1. The number of aryl methyl sites for hydroxylation is 3. The van der Waals surface area contributed by atoms with Crippen LogP contribution < -0.4 is 0 Å². The molecule has 0 aliphatic heterocycles. The van der Waals surface area contributed by atoms with Gasteiger partial charge in [0, 0.05) is 5.56 Å². The summed E-state index contributed by atoms with van der Waals surface area (Å²) in [6.45, 7) is 6.19. The number of nitrogens with zero attached hydrogens (tertiary/aromatic N) is 2. The first kappa shape index (κ1) is 10.4. The van der Waals surface area contributed by atoms with E-state index in [-0.39, 0.29) is 0 Å². The van der Waals surface area contributed by atoms with Crippen LogP contribution in [0.3, 0.4) is 0 Å². The van der Waals surface area contributed by atoms with Gasteiger partial charge in [-0.05, 0) is 31.9 Å². The van der Waals surface area contributed by atoms with Crippen LogP contribution in [0.1, 0.15) is 22.4 Å². The molecular formula is C13H13N3. The first-order valence-electron chi connectivity index (χ1n) is 5.15. The molecule has 1 aromatic carbocycles. The Morgan fingerprint density at radius 3 is 2.31 bits per heavy atom. The van der Waals surface area contributed by atoms with Gasteiger partial charge in [-0.3, -0.25) is 0 Å². The Morgan fingerprint density at radius 2 is 1.81 bits per heavy atom.